The quantitative estimate of drug-likeness (QED) is 0.108. The summed E-state index contributed by atoms with van der Waals surface area (Å²) in [5, 5.41) is 76.8. The van der Waals surface area contributed by atoms with E-state index in [2.05, 4.69) is 31.7 Å². The summed E-state index contributed by atoms with van der Waals surface area (Å²) in [6.45, 7) is 11.4. The summed E-state index contributed by atoms with van der Waals surface area (Å²) in [5.74, 6) is -1.97. The van der Waals surface area contributed by atoms with Crippen LogP contribution in [0.3, 0.4) is 0 Å². The van der Waals surface area contributed by atoms with E-state index in [0.29, 0.717) is 11.8 Å². The maximum atomic E-state index is 13.6. The van der Waals surface area contributed by atoms with Gasteiger partial charge in [0, 0.05) is 84.0 Å². The van der Waals surface area contributed by atoms with E-state index in [1.165, 1.54) is 55.8 Å². The largest absolute Gasteiger partial charge is 0.507 e. The lowest BCUT2D eigenvalue weighted by Crippen LogP contribution is -2.83. The first-order valence-corrected chi connectivity index (χ1v) is 26.0. The number of benzene rings is 3. The fourth-order valence-corrected chi connectivity index (χ4v) is 15.3. The highest BCUT2D eigenvalue weighted by atomic mass is 16.7. The summed E-state index contributed by atoms with van der Waals surface area (Å²) in [6.07, 6.45) is 2.51. The Hall–Kier alpha value is -4.69. The average molecular weight is 1010 g/mol. The Kier molecular flexibility index (Phi) is 11.7. The Bertz CT molecular complexity index is 2810. The van der Waals surface area contributed by atoms with Crippen LogP contribution in [0.1, 0.15) is 146 Å². The molecule has 3 aromatic rings. The highest BCUT2D eigenvalue weighted by molar-refractivity contribution is 6.31. The number of Topliss-reactive ketones (excluding diaryl/α,β-unsaturated/α-hetero) is 1. The number of likely N-dealkylation sites (tertiary alicyclic amines) is 1. The molecule has 0 amide bonds. The molecule has 17 nitrogen and oxygen atoms in total. The molecular formula is C56H70N2O15. The summed E-state index contributed by atoms with van der Waals surface area (Å²) >= 11 is 0. The van der Waals surface area contributed by atoms with Crippen LogP contribution in [0.25, 0.3) is 0 Å². The summed E-state index contributed by atoms with van der Waals surface area (Å²) in [6, 6.07) is 8.10. The maximum Gasteiger partial charge on any atom is 0.202 e. The fraction of sp³-hybridized carbons (Fsp3) is 0.625. The van der Waals surface area contributed by atoms with Crippen LogP contribution in [0.4, 0.5) is 0 Å². The first-order valence-electron chi connectivity index (χ1n) is 26.0. The minimum Gasteiger partial charge on any atom is -0.507 e. The van der Waals surface area contributed by atoms with E-state index in [4.69, 9.17) is 29.4 Å². The molecule has 3 aromatic carbocycles. The average Bonchev–Trinajstić information content (AvgIpc) is 4.10. The number of rotatable bonds is 9. The van der Waals surface area contributed by atoms with Crippen LogP contribution in [-0.4, -0.2) is 145 Å². The third-order valence-corrected chi connectivity index (χ3v) is 19.7. The molecule has 7 aliphatic carbocycles. The molecule has 394 valence electrons. The number of phenols is 3. The standard InChI is InChI=1S/C29H41NO4.C27H29NO11/c1-25(2,3)26(4,32)20-15-27-10-11-29(20,33-5)24-28(27)12-13-30(16-17-6-7-17)21(27)14-18-8-9-19(31)23(34-24)22(18)28;1-10-22(31)13(28)6-17(38-10)39-15-8-27(36,16(30)9-29)7-12-19(15)26(35)21-20(24(12)33)23(32)11-4-3-5-14(37-2)18(11)25(21)34/h8-9,17,20-21,24,31-32H,6-7,10-16H2,1-5H3;3-5,10,13,15,17,22,29,31,33,35-36H,6-9,28H2,1-2H3/t20-,21-,24-,26+,27-,28+,29+;10-,13-,15-,17-,22+,27-/m10/s1. The van der Waals surface area contributed by atoms with Crippen LogP contribution >= 0.6 is 0 Å². The number of fused-ring (bicyclic) bond motifs is 5. The zero-order valence-electron chi connectivity index (χ0n) is 42.7. The van der Waals surface area contributed by atoms with E-state index in [0.717, 1.165) is 44.6 Å². The molecule has 13 rings (SSSR count). The molecule has 0 unspecified atom stereocenters. The van der Waals surface area contributed by atoms with Crippen molar-refractivity contribution in [3.8, 4) is 28.7 Å². The van der Waals surface area contributed by atoms with Gasteiger partial charge in [0.1, 0.15) is 41.2 Å². The van der Waals surface area contributed by atoms with Crippen molar-refractivity contribution >= 4 is 17.3 Å². The molecule has 2 spiro atoms. The highest BCUT2D eigenvalue weighted by Gasteiger charge is 2.82. The van der Waals surface area contributed by atoms with Gasteiger partial charge in [-0.25, -0.2) is 0 Å². The number of methoxy groups -OCH3 is 2. The summed E-state index contributed by atoms with van der Waals surface area (Å²) in [4.78, 5) is 42.6. The number of hydrogen-bond acceptors (Lipinski definition) is 17. The molecule has 0 aromatic heterocycles. The van der Waals surface area contributed by atoms with Gasteiger partial charge in [0.2, 0.25) is 5.78 Å². The SMILES string of the molecule is CO[C@@]12CC[C@@]3(C[C@@H]1[C@](C)(O)C(C)(C)C)[C@H]1Cc4ccc(O)c5c4[C@@]3(CCN1CC1CC1)[C@H]2O5.COc1cccc2c1C(=O)c1c(O)c3c(c(O)c1C2=O)C[C@@](O)(C(=O)CO)C[C@@H]3O[C@H]1C[C@H](N)[C@H](O)[C@H](C)O1. The van der Waals surface area contributed by atoms with Gasteiger partial charge in [0.25, 0.3) is 0 Å². The Balaban J connectivity index is 0.000000158. The topological polar surface area (TPSA) is 268 Å². The number of ether oxygens (including phenoxy) is 5. The van der Waals surface area contributed by atoms with E-state index in [9.17, 15) is 50.1 Å². The molecule has 6 fully saturated rings. The predicted octanol–water partition coefficient (Wildman–Crippen LogP) is 4.42. The van der Waals surface area contributed by atoms with Crippen molar-refractivity contribution in [3.05, 3.63) is 74.8 Å². The van der Waals surface area contributed by atoms with Crippen LogP contribution in [0, 0.1) is 22.7 Å². The van der Waals surface area contributed by atoms with E-state index in [1.807, 2.05) is 20.1 Å². The Morgan fingerprint density at radius 2 is 1.68 bits per heavy atom. The molecule has 4 bridgehead atoms. The zero-order valence-corrected chi connectivity index (χ0v) is 42.7. The van der Waals surface area contributed by atoms with Gasteiger partial charge >= 0.3 is 0 Å². The van der Waals surface area contributed by atoms with Crippen molar-refractivity contribution in [1.29, 1.82) is 0 Å². The summed E-state index contributed by atoms with van der Waals surface area (Å²) in [5.41, 5.74) is 3.16. The minimum atomic E-state index is -2.24. The number of hydrogen-bond donors (Lipinski definition) is 8. The number of carbonyl (C=O) groups is 3. The molecule has 3 aliphatic heterocycles. The van der Waals surface area contributed by atoms with Crippen molar-refractivity contribution in [3.63, 3.8) is 0 Å². The smallest absolute Gasteiger partial charge is 0.202 e. The van der Waals surface area contributed by atoms with Gasteiger partial charge in [-0.2, -0.15) is 0 Å². The number of nitrogens with zero attached hydrogens (tertiary/aromatic N) is 1. The highest BCUT2D eigenvalue weighted by Crippen LogP contribution is 2.78. The van der Waals surface area contributed by atoms with Crippen molar-refractivity contribution in [2.45, 2.75) is 164 Å². The lowest BCUT2D eigenvalue weighted by atomic mass is 9.33. The Labute approximate surface area is 424 Å². The molecular weight excluding hydrogens is 941 g/mol. The van der Waals surface area contributed by atoms with Crippen LogP contribution < -0.4 is 15.2 Å². The number of piperidine rings is 1. The second-order valence-corrected chi connectivity index (χ2v) is 24.0. The summed E-state index contributed by atoms with van der Waals surface area (Å²) in [7, 11) is 3.15. The zero-order chi connectivity index (χ0) is 52.3. The lowest BCUT2D eigenvalue weighted by Gasteiger charge is -2.75. The minimum absolute atomic E-state index is 0.0173. The van der Waals surface area contributed by atoms with Gasteiger partial charge < -0.3 is 65.2 Å². The van der Waals surface area contributed by atoms with Gasteiger partial charge in [-0.1, -0.05) is 39.0 Å². The fourth-order valence-electron chi connectivity index (χ4n) is 15.3. The second-order valence-electron chi connectivity index (χ2n) is 24.0. The van der Waals surface area contributed by atoms with Gasteiger partial charge in [0.15, 0.2) is 29.4 Å². The van der Waals surface area contributed by atoms with Gasteiger partial charge in [0.05, 0.1) is 47.7 Å². The molecule has 73 heavy (non-hydrogen) atoms. The second kappa shape index (κ2) is 16.9. The third kappa shape index (κ3) is 6.88. The van der Waals surface area contributed by atoms with Crippen LogP contribution in [-0.2, 0) is 37.3 Å². The van der Waals surface area contributed by atoms with E-state index in [1.54, 1.807) is 6.92 Å². The number of aliphatic hydroxyl groups is 4. The third-order valence-electron chi connectivity index (χ3n) is 19.7. The lowest BCUT2D eigenvalue weighted by molar-refractivity contribution is -0.312. The van der Waals surface area contributed by atoms with Crippen LogP contribution in [0.2, 0.25) is 0 Å². The molecule has 2 saturated heterocycles. The molecule has 4 saturated carbocycles. The van der Waals surface area contributed by atoms with Crippen molar-refractivity contribution < 1.29 is 73.8 Å². The first kappa shape index (κ1) is 50.5. The van der Waals surface area contributed by atoms with Crippen molar-refractivity contribution in [2.75, 3.05) is 33.9 Å². The number of nitrogens with two attached hydrogens (primary N) is 1. The number of aliphatic hydroxyl groups excluding tert-OH is 2. The number of aromatic hydroxyl groups is 3. The molecule has 0 radical (unpaired) electrons. The molecule has 10 aliphatic rings. The molecule has 9 N–H and O–H groups in total. The van der Waals surface area contributed by atoms with Crippen molar-refractivity contribution in [1.82, 2.24) is 4.90 Å². The Morgan fingerprint density at radius 3 is 2.34 bits per heavy atom. The molecule has 13 atom stereocenters. The van der Waals surface area contributed by atoms with Gasteiger partial charge in [-0.15, -0.1) is 0 Å². The van der Waals surface area contributed by atoms with Crippen molar-refractivity contribution in [2.24, 2.45) is 28.4 Å². The van der Waals surface area contributed by atoms with E-state index < -0.39 is 107 Å². The molecule has 17 heteroatoms. The van der Waals surface area contributed by atoms with Crippen LogP contribution in [0.5, 0.6) is 28.7 Å². The van der Waals surface area contributed by atoms with Crippen LogP contribution in [0.15, 0.2) is 30.3 Å². The predicted molar refractivity (Wildman–Crippen MR) is 262 cm³/mol. The monoisotopic (exact) mass is 1010 g/mol. The number of carbonyl (C=O) groups excluding carboxylic acids is 3. The Morgan fingerprint density at radius 1 is 0.959 bits per heavy atom. The summed E-state index contributed by atoms with van der Waals surface area (Å²) < 4.78 is 30.4. The van der Waals surface area contributed by atoms with E-state index >= 15 is 0 Å². The van der Waals surface area contributed by atoms with Gasteiger partial charge in [-0.3, -0.25) is 19.3 Å². The molecule has 3 heterocycles. The normalized spacial score (nSPS) is 36.4. The first-order chi connectivity index (χ1) is 34.4. The number of ketones is 3. The maximum absolute atomic E-state index is 13.6. The number of phenolic OH excluding ortho intramolecular Hbond substituents is 3. The van der Waals surface area contributed by atoms with Gasteiger partial charge in [-0.05, 0) is 94.4 Å². The van der Waals surface area contributed by atoms with E-state index in [-0.39, 0.29) is 68.4 Å².